The molecule has 3 aliphatic heterocycles. The number of epoxide rings is 1. The maximum absolute atomic E-state index is 14.6. The Morgan fingerprint density at radius 1 is 1.00 bits per heavy atom. The average molecular weight is 1020 g/mol. The molecule has 3 heterocycles. The van der Waals surface area contributed by atoms with Gasteiger partial charge >= 0.3 is 12.1 Å². The van der Waals surface area contributed by atoms with Crippen molar-refractivity contribution in [2.24, 2.45) is 11.7 Å². The van der Waals surface area contributed by atoms with Crippen LogP contribution in [-0.2, 0) is 54.1 Å². The molecule has 4 aliphatic rings. The molecule has 0 aromatic heterocycles. The highest BCUT2D eigenvalue weighted by Crippen LogP contribution is 2.49. The number of allylic oxidation sites excluding steroid dienone is 3. The van der Waals surface area contributed by atoms with Gasteiger partial charge < -0.3 is 60.7 Å². The van der Waals surface area contributed by atoms with Gasteiger partial charge in [0, 0.05) is 38.6 Å². The van der Waals surface area contributed by atoms with Gasteiger partial charge in [0.15, 0.2) is 5.72 Å². The van der Waals surface area contributed by atoms with E-state index in [1.54, 1.807) is 45.2 Å². The maximum atomic E-state index is 14.6. The summed E-state index contributed by atoms with van der Waals surface area (Å²) in [5.74, 6) is -3.42. The fraction of sp³-hybridized carbons (Fsp3) is 0.653. The van der Waals surface area contributed by atoms with Crippen molar-refractivity contribution in [1.29, 1.82) is 0 Å². The number of alkyl carbamates (subject to hydrolysis) is 1. The van der Waals surface area contributed by atoms with E-state index in [9.17, 15) is 38.7 Å². The minimum absolute atomic E-state index is 0.0739. The van der Waals surface area contributed by atoms with Gasteiger partial charge in [0.25, 0.3) is 0 Å². The fourth-order valence-corrected chi connectivity index (χ4v) is 10.1. The third kappa shape index (κ3) is 14.4. The van der Waals surface area contributed by atoms with Crippen molar-refractivity contribution in [3.8, 4) is 5.75 Å². The van der Waals surface area contributed by atoms with Gasteiger partial charge in [0.1, 0.15) is 40.7 Å². The summed E-state index contributed by atoms with van der Waals surface area (Å²) >= 11 is 6.87. The number of rotatable bonds is 16. The van der Waals surface area contributed by atoms with E-state index in [1.807, 2.05) is 31.9 Å². The number of carbonyl (C=O) groups is 7. The van der Waals surface area contributed by atoms with Crippen LogP contribution >= 0.6 is 11.6 Å². The molecule has 8 atom stereocenters. The molecular formula is C49H73ClN8O13. The number of likely N-dealkylation sites (N-methyl/N-ethyl adjacent to an activating group) is 1. The smallest absolute Gasteiger partial charge is 0.409 e. The van der Waals surface area contributed by atoms with Crippen LogP contribution in [0.15, 0.2) is 35.9 Å². The number of esters is 1. The summed E-state index contributed by atoms with van der Waals surface area (Å²) in [6.07, 6.45) is 6.44. The molecule has 1 aliphatic carbocycles. The second kappa shape index (κ2) is 24.9. The molecular weight excluding hydrogens is 944 g/mol. The number of nitrogens with zero attached hydrogens (tertiary/aromatic N) is 2. The zero-order valence-corrected chi connectivity index (χ0v) is 42.9. The number of amides is 6. The predicted molar refractivity (Wildman–Crippen MR) is 262 cm³/mol. The van der Waals surface area contributed by atoms with Gasteiger partial charge in [-0.25, -0.2) is 4.79 Å². The molecule has 2 unspecified atom stereocenters. The SMILES string of the molecule is COc1cc2cc(c1Cl)N(C)C(=O)C[C@H](OC(=O)[C@H](C)N(C)C1(CCNC(=O)CNC(=O)CNC(=O)CNC(=O)CN)CCCCCC1)[C@]1(C)OC1[C@H](C)C1C[C@@](O)(NC(=O)O1)[C@H](OC)/C=C/C=C(\C)C2. The highest BCUT2D eigenvalue weighted by atomic mass is 35.5. The van der Waals surface area contributed by atoms with Crippen LogP contribution < -0.4 is 42.0 Å². The lowest BCUT2D eigenvalue weighted by Gasteiger charge is -2.44. The molecule has 21 nitrogen and oxygen atoms in total. The molecule has 1 saturated carbocycles. The molecule has 0 spiro atoms. The van der Waals surface area contributed by atoms with Crippen LogP contribution in [-0.4, -0.2) is 160 Å². The number of fused-ring (bicyclic) bond motifs is 5. The number of hydrogen-bond acceptors (Lipinski definition) is 15. The van der Waals surface area contributed by atoms with E-state index in [4.69, 9.17) is 41.0 Å². The van der Waals surface area contributed by atoms with Crippen LogP contribution in [0.1, 0.15) is 91.0 Å². The minimum Gasteiger partial charge on any atom is -0.495 e. The number of nitrogens with one attached hydrogen (secondary N) is 5. The summed E-state index contributed by atoms with van der Waals surface area (Å²) in [6.45, 7) is 6.09. The van der Waals surface area contributed by atoms with Gasteiger partial charge in [-0.15, -0.1) is 0 Å². The van der Waals surface area contributed by atoms with Crippen LogP contribution in [0.2, 0.25) is 5.02 Å². The number of ether oxygens (including phenoxy) is 5. The van der Waals surface area contributed by atoms with Crippen LogP contribution in [0.4, 0.5) is 10.5 Å². The van der Waals surface area contributed by atoms with Crippen molar-refractivity contribution in [3.05, 3.63) is 46.5 Å². The molecule has 8 N–H and O–H groups in total. The van der Waals surface area contributed by atoms with Crippen molar-refractivity contribution in [1.82, 2.24) is 31.5 Å². The Labute approximate surface area is 420 Å². The number of anilines is 1. The number of nitrogens with two attached hydrogens (primary N) is 1. The standard InChI is InChI=1S/C49H73ClN8O13/c1-29-14-13-15-36(68-8)49(66)24-35(69-46(65)56-49)30(2)44-47(4,71-44)37(23-42(63)57(5)33-21-32(20-29)22-34(67-7)43(33)50)70-45(64)31(3)58(6)48(16-11-9-10-12-17-48)18-19-52-39(60)26-54-41(62)28-55-40(61)27-53-38(59)25-51/h13-15,21-22,30-31,35-37,44,66H,9-12,16-20,23-28,51H2,1-8H3,(H,52,60)(H,53,59)(H,54,62)(H,55,61)(H,56,65)/b15-13+,29-14+/t30-,31+,35?,36-,37+,44?,47+,49+/m1/s1. The van der Waals surface area contributed by atoms with Crippen molar-refractivity contribution >= 4 is 58.9 Å². The average Bonchev–Trinajstić information content (AvgIpc) is 4.09. The quantitative estimate of drug-likeness (QED) is 0.0708. The summed E-state index contributed by atoms with van der Waals surface area (Å²) in [6, 6.07) is 2.75. The van der Waals surface area contributed by atoms with Gasteiger partial charge in [-0.2, -0.15) is 0 Å². The lowest BCUT2D eigenvalue weighted by molar-refractivity contribution is -0.162. The molecule has 394 valence electrons. The lowest BCUT2D eigenvalue weighted by Crippen LogP contribution is -2.63. The number of aliphatic hydroxyl groups is 1. The lowest BCUT2D eigenvalue weighted by atomic mass is 9.83. The molecule has 3 fully saturated rings. The van der Waals surface area contributed by atoms with E-state index in [-0.39, 0.29) is 44.0 Å². The molecule has 6 amide bonds. The Balaban J connectivity index is 1.36. The maximum Gasteiger partial charge on any atom is 0.409 e. The molecule has 0 radical (unpaired) electrons. The van der Waals surface area contributed by atoms with E-state index in [0.717, 1.165) is 49.7 Å². The highest BCUT2D eigenvalue weighted by Gasteiger charge is 2.64. The second-order valence-corrected chi connectivity index (χ2v) is 19.7. The minimum atomic E-state index is -1.86. The Bertz CT molecular complexity index is 2190. The van der Waals surface area contributed by atoms with Crippen LogP contribution in [0.25, 0.3) is 0 Å². The van der Waals surface area contributed by atoms with Gasteiger partial charge in [-0.1, -0.05) is 68.0 Å². The van der Waals surface area contributed by atoms with Crippen molar-refractivity contribution < 1.29 is 62.4 Å². The summed E-state index contributed by atoms with van der Waals surface area (Å²) in [4.78, 5) is 94.1. The molecule has 71 heavy (non-hydrogen) atoms. The molecule has 1 aromatic rings. The van der Waals surface area contributed by atoms with Crippen LogP contribution in [0.3, 0.4) is 0 Å². The molecule has 1 aromatic carbocycles. The second-order valence-electron chi connectivity index (χ2n) is 19.3. The first-order chi connectivity index (χ1) is 33.6. The number of halogens is 1. The van der Waals surface area contributed by atoms with E-state index >= 15 is 0 Å². The highest BCUT2D eigenvalue weighted by molar-refractivity contribution is 6.35. The first-order valence-corrected chi connectivity index (χ1v) is 24.6. The summed E-state index contributed by atoms with van der Waals surface area (Å²) < 4.78 is 29.9. The first-order valence-electron chi connectivity index (χ1n) is 24.2. The number of carbonyl (C=O) groups excluding carboxylic acids is 7. The topological polar surface area (TPSA) is 282 Å². The van der Waals surface area contributed by atoms with E-state index < -0.39 is 101 Å². The Hall–Kier alpha value is -5.32. The predicted octanol–water partition coefficient (Wildman–Crippen LogP) is 1.89. The van der Waals surface area contributed by atoms with Crippen molar-refractivity contribution in [3.63, 3.8) is 0 Å². The summed E-state index contributed by atoms with van der Waals surface area (Å²) in [5.41, 5.74) is 3.64. The number of methoxy groups -OCH3 is 2. The number of benzene rings is 1. The fourth-order valence-electron chi connectivity index (χ4n) is 9.81. The summed E-state index contributed by atoms with van der Waals surface area (Å²) in [5, 5.41) is 24.6. The van der Waals surface area contributed by atoms with Crippen LogP contribution in [0, 0.1) is 5.92 Å². The molecule has 4 bridgehead atoms. The van der Waals surface area contributed by atoms with E-state index in [1.165, 1.54) is 19.1 Å². The van der Waals surface area contributed by atoms with Gasteiger partial charge in [0.2, 0.25) is 29.5 Å². The Kier molecular flexibility index (Phi) is 19.8. The third-order valence-corrected chi connectivity index (χ3v) is 14.7. The third-order valence-electron chi connectivity index (χ3n) is 14.3. The first kappa shape index (κ1) is 56.6. The number of hydrogen-bond donors (Lipinski definition) is 7. The molecule has 22 heteroatoms. The normalized spacial score (nSPS) is 28.3. The van der Waals surface area contributed by atoms with Gasteiger partial charge in [-0.3, -0.25) is 39.0 Å². The molecule has 2 saturated heterocycles. The molecule has 5 rings (SSSR count). The van der Waals surface area contributed by atoms with Crippen molar-refractivity contribution in [2.45, 2.75) is 139 Å². The van der Waals surface area contributed by atoms with Crippen molar-refractivity contribution in [2.75, 3.05) is 65.9 Å². The van der Waals surface area contributed by atoms with E-state index in [0.29, 0.717) is 24.3 Å². The van der Waals surface area contributed by atoms with Crippen LogP contribution in [0.5, 0.6) is 5.75 Å². The Morgan fingerprint density at radius 3 is 2.23 bits per heavy atom. The van der Waals surface area contributed by atoms with Gasteiger partial charge in [-0.05, 0) is 71.2 Å². The van der Waals surface area contributed by atoms with E-state index in [2.05, 4.69) is 26.6 Å². The largest absolute Gasteiger partial charge is 0.495 e. The summed E-state index contributed by atoms with van der Waals surface area (Å²) in [7, 11) is 6.36. The zero-order chi connectivity index (χ0) is 52.3. The Morgan fingerprint density at radius 2 is 1.62 bits per heavy atom. The monoisotopic (exact) mass is 1020 g/mol. The zero-order valence-electron chi connectivity index (χ0n) is 42.2. The van der Waals surface area contributed by atoms with Gasteiger partial charge in [0.05, 0.1) is 51.5 Å².